The Labute approximate surface area is 441 Å². The molecule has 0 fully saturated rings. The van der Waals surface area contributed by atoms with Crippen LogP contribution in [-0.2, 0) is 35.6 Å². The Balaban J connectivity index is 1.41. The summed E-state index contributed by atoms with van der Waals surface area (Å²) in [5.74, 6) is -2.98. The number of hydrogen-bond acceptors (Lipinski definition) is 8. The summed E-state index contributed by atoms with van der Waals surface area (Å²) in [5.41, 5.74) is -4.49. The van der Waals surface area contributed by atoms with Crippen molar-refractivity contribution in [1.29, 1.82) is 0 Å². The van der Waals surface area contributed by atoms with Crippen LogP contribution in [0.25, 0.3) is 0 Å². The first-order valence-corrected chi connectivity index (χ1v) is 31.4. The van der Waals surface area contributed by atoms with Crippen molar-refractivity contribution in [3.8, 4) is 11.5 Å². The molecule has 0 aromatic heterocycles. The van der Waals surface area contributed by atoms with E-state index in [-0.39, 0.29) is 47.3 Å². The molecule has 2 atom stereocenters. The van der Waals surface area contributed by atoms with Crippen LogP contribution in [0.4, 0.5) is 18.9 Å². The van der Waals surface area contributed by atoms with Gasteiger partial charge in [-0.25, -0.2) is 8.42 Å². The third-order valence-electron chi connectivity index (χ3n) is 13.7. The Hall–Kier alpha value is -6.28. The highest BCUT2D eigenvalue weighted by molar-refractivity contribution is 7.92. The summed E-state index contributed by atoms with van der Waals surface area (Å²) < 4.78 is 130. The highest BCUT2D eigenvalue weighted by atomic mass is 32.2. The number of rotatable bonds is 18. The van der Waals surface area contributed by atoms with Crippen LogP contribution >= 0.6 is 0 Å². The molecule has 0 radical (unpaired) electrons. The zero-order valence-corrected chi connectivity index (χ0v) is 46.6. The van der Waals surface area contributed by atoms with Gasteiger partial charge >= 0.3 is 15.6 Å². The third-order valence-corrected chi connectivity index (χ3v) is 26.1. The van der Waals surface area contributed by atoms with Gasteiger partial charge in [0.05, 0.1) is 10.6 Å². The molecule has 1 N–H and O–H groups in total. The SMILES string of the molecule is Cc1ccc(S(=O)(=O)Nc2c(OCc3ccccc3)cc(OS(=O)(=O)C(F)(F)F)c3c2C(CO[Si](c2ccccc2)(c2ccccc2)C(C)(C)C)C=CC3CO[Si](c2ccccc2)(c2ccccc2)C(C)(C)C)cc1. The van der Waals surface area contributed by atoms with Crippen molar-refractivity contribution in [3.05, 3.63) is 216 Å². The van der Waals surface area contributed by atoms with Gasteiger partial charge in [-0.2, -0.15) is 21.6 Å². The Morgan fingerprint density at radius 1 is 0.520 bits per heavy atom. The molecule has 0 bridgehead atoms. The van der Waals surface area contributed by atoms with E-state index in [2.05, 4.69) is 46.3 Å². The van der Waals surface area contributed by atoms with Crippen molar-refractivity contribution < 1.29 is 47.8 Å². The number of sulfonamides is 1. The fourth-order valence-corrected chi connectivity index (χ4v) is 21.0. The van der Waals surface area contributed by atoms with Crippen LogP contribution in [0.3, 0.4) is 0 Å². The van der Waals surface area contributed by atoms with Gasteiger partial charge in [-0.15, -0.1) is 0 Å². The smallest absolute Gasteiger partial charge is 0.487 e. The lowest BCUT2D eigenvalue weighted by molar-refractivity contribution is -0.0500. The minimum atomic E-state index is -6.36. The molecule has 0 saturated carbocycles. The normalized spacial score (nSPS) is 15.5. The first kappa shape index (κ1) is 55.0. The summed E-state index contributed by atoms with van der Waals surface area (Å²) in [6, 6.07) is 55.4. The molecule has 0 aliphatic heterocycles. The van der Waals surface area contributed by atoms with Crippen molar-refractivity contribution in [2.45, 2.75) is 87.4 Å². The van der Waals surface area contributed by atoms with E-state index < -0.39 is 69.9 Å². The van der Waals surface area contributed by atoms with Crippen LogP contribution in [0.1, 0.15) is 75.6 Å². The second kappa shape index (κ2) is 21.8. The summed E-state index contributed by atoms with van der Waals surface area (Å²) in [4.78, 5) is -0.103. The minimum Gasteiger partial charge on any atom is -0.487 e. The van der Waals surface area contributed by atoms with Crippen LogP contribution in [0, 0.1) is 6.92 Å². The maximum absolute atomic E-state index is 14.9. The van der Waals surface area contributed by atoms with Gasteiger partial charge in [0.1, 0.15) is 12.4 Å². The Bertz CT molecular complexity index is 3240. The van der Waals surface area contributed by atoms with E-state index >= 15 is 0 Å². The molecular formula is C59H62F3NO8S2Si2. The first-order valence-electron chi connectivity index (χ1n) is 24.6. The van der Waals surface area contributed by atoms with Crippen LogP contribution < -0.4 is 34.4 Å². The number of halogens is 3. The topological polar surface area (TPSA) is 117 Å². The summed E-state index contributed by atoms with van der Waals surface area (Å²) in [7, 11) is -17.6. The van der Waals surface area contributed by atoms with Gasteiger partial charge in [-0.3, -0.25) is 4.72 Å². The van der Waals surface area contributed by atoms with E-state index in [0.29, 0.717) is 5.56 Å². The quantitative estimate of drug-likeness (QED) is 0.0391. The van der Waals surface area contributed by atoms with Gasteiger partial charge in [0.15, 0.2) is 5.75 Å². The van der Waals surface area contributed by atoms with Gasteiger partial charge in [0.25, 0.3) is 26.7 Å². The summed E-state index contributed by atoms with van der Waals surface area (Å²) >= 11 is 0. The highest BCUT2D eigenvalue weighted by Gasteiger charge is 2.53. The van der Waals surface area contributed by atoms with E-state index in [1.165, 1.54) is 12.1 Å². The van der Waals surface area contributed by atoms with Crippen LogP contribution in [0.15, 0.2) is 199 Å². The second-order valence-electron chi connectivity index (χ2n) is 20.8. The van der Waals surface area contributed by atoms with Crippen molar-refractivity contribution in [2.75, 3.05) is 17.9 Å². The minimum absolute atomic E-state index is 0.0482. The molecule has 1 aliphatic rings. The van der Waals surface area contributed by atoms with Crippen molar-refractivity contribution in [2.24, 2.45) is 0 Å². The fourth-order valence-electron chi connectivity index (χ4n) is 10.2. The standard InChI is InChI=1S/C59H62F3NO8S2Si2/c1-43-33-37-47(38-34-43)72(64,65)63-56-53(68-40-44-23-13-8-14-24-44)39-52(71-73(66,67)59(60,61)62)54-45(41-69-74(57(2,3)4,48-25-15-9-16-26-48)49-27-17-10-18-28-49)35-36-46(55(54)56)42-70-75(58(5,6)7,50-29-19-11-20-30-50)51-31-21-12-22-32-51/h8-39,45-46,63H,40-42H2,1-7H3. The average molecular weight is 1090 g/mol. The van der Waals surface area contributed by atoms with Gasteiger partial charge in [0.2, 0.25) is 0 Å². The summed E-state index contributed by atoms with van der Waals surface area (Å²) in [6.45, 7) is 13.8. The van der Waals surface area contributed by atoms with Gasteiger partial charge in [0, 0.05) is 36.7 Å². The maximum Gasteiger partial charge on any atom is 0.534 e. The van der Waals surface area contributed by atoms with E-state index in [9.17, 15) is 30.0 Å². The molecule has 7 aromatic carbocycles. The Kier molecular flexibility index (Phi) is 15.9. The first-order chi connectivity index (χ1) is 35.5. The lowest BCUT2D eigenvalue weighted by Gasteiger charge is -2.45. The monoisotopic (exact) mass is 1090 g/mol. The number of aryl methyl sites for hydroxylation is 1. The largest absolute Gasteiger partial charge is 0.534 e. The summed E-state index contributed by atoms with van der Waals surface area (Å²) in [6.07, 6.45) is 3.61. The zero-order valence-electron chi connectivity index (χ0n) is 43.0. The molecule has 0 amide bonds. The van der Waals surface area contributed by atoms with E-state index in [1.807, 2.05) is 134 Å². The van der Waals surface area contributed by atoms with Crippen molar-refractivity contribution in [1.82, 2.24) is 0 Å². The van der Waals surface area contributed by atoms with E-state index in [1.54, 1.807) is 48.5 Å². The van der Waals surface area contributed by atoms with Crippen LogP contribution in [-0.4, -0.2) is 52.2 Å². The lowest BCUT2D eigenvalue weighted by atomic mass is 9.80. The number of fused-ring (bicyclic) bond motifs is 1. The van der Waals surface area contributed by atoms with Gasteiger partial charge in [-0.05, 0) is 61.0 Å². The molecule has 0 spiro atoms. The van der Waals surface area contributed by atoms with E-state index in [4.69, 9.17) is 17.8 Å². The third kappa shape index (κ3) is 11.3. The van der Waals surface area contributed by atoms with Crippen LogP contribution in [0.2, 0.25) is 10.1 Å². The molecular weight excluding hydrogens is 1030 g/mol. The average Bonchev–Trinajstić information content (AvgIpc) is 3.38. The molecule has 7 aromatic rings. The molecule has 75 heavy (non-hydrogen) atoms. The van der Waals surface area contributed by atoms with Gasteiger partial charge < -0.3 is 17.8 Å². The van der Waals surface area contributed by atoms with Crippen LogP contribution in [0.5, 0.6) is 11.5 Å². The molecule has 16 heteroatoms. The highest BCUT2D eigenvalue weighted by Crippen LogP contribution is 2.51. The number of benzene rings is 7. The second-order valence-corrected chi connectivity index (χ2v) is 32.6. The molecule has 0 heterocycles. The molecule has 2 unspecified atom stereocenters. The molecule has 392 valence electrons. The van der Waals surface area contributed by atoms with Crippen molar-refractivity contribution in [3.63, 3.8) is 0 Å². The Morgan fingerprint density at radius 2 is 0.907 bits per heavy atom. The number of nitrogens with one attached hydrogen (secondary N) is 1. The lowest BCUT2D eigenvalue weighted by Crippen LogP contribution is -2.67. The number of anilines is 1. The van der Waals surface area contributed by atoms with Crippen molar-refractivity contribution >= 4 is 63.2 Å². The fraction of sp³-hybridized carbons (Fsp3) is 0.254. The zero-order chi connectivity index (χ0) is 53.9. The number of ether oxygens (including phenoxy) is 1. The van der Waals surface area contributed by atoms with E-state index in [0.717, 1.165) is 32.4 Å². The predicted molar refractivity (Wildman–Crippen MR) is 297 cm³/mol. The number of alkyl halides is 3. The number of hydrogen-bond donors (Lipinski definition) is 1. The molecule has 8 rings (SSSR count). The van der Waals surface area contributed by atoms with Gasteiger partial charge in [-0.1, -0.05) is 223 Å². The Morgan fingerprint density at radius 3 is 1.29 bits per heavy atom. The predicted octanol–water partition coefficient (Wildman–Crippen LogP) is 11.5. The maximum atomic E-state index is 14.9. The molecule has 9 nitrogen and oxygen atoms in total. The molecule has 1 aliphatic carbocycles. The summed E-state index contributed by atoms with van der Waals surface area (Å²) in [5, 5.41) is 2.66. The molecule has 0 saturated heterocycles.